The van der Waals surface area contributed by atoms with E-state index in [4.69, 9.17) is 16.3 Å². The molecule has 0 aliphatic carbocycles. The van der Waals surface area contributed by atoms with Gasteiger partial charge in [-0.3, -0.25) is 14.5 Å². The number of hydrogen-bond acceptors (Lipinski definition) is 5. The summed E-state index contributed by atoms with van der Waals surface area (Å²) in [5, 5.41) is 21.6. The molecule has 0 bridgehead atoms. The molecule has 1 atom stereocenters. The van der Waals surface area contributed by atoms with Gasteiger partial charge in [0.1, 0.15) is 17.3 Å². The fourth-order valence-corrected chi connectivity index (χ4v) is 4.17. The van der Waals surface area contributed by atoms with Gasteiger partial charge in [-0.15, -0.1) is 0 Å². The predicted molar refractivity (Wildman–Crippen MR) is 136 cm³/mol. The van der Waals surface area contributed by atoms with Crippen molar-refractivity contribution < 1.29 is 24.5 Å². The van der Waals surface area contributed by atoms with Gasteiger partial charge in [-0.2, -0.15) is 0 Å². The van der Waals surface area contributed by atoms with Crippen LogP contribution in [0.3, 0.4) is 0 Å². The molecule has 1 heterocycles. The topological polar surface area (TPSA) is 87.1 Å². The van der Waals surface area contributed by atoms with Crippen LogP contribution in [-0.4, -0.2) is 28.5 Å². The van der Waals surface area contributed by atoms with Crippen molar-refractivity contribution in [3.8, 4) is 11.5 Å². The summed E-state index contributed by atoms with van der Waals surface area (Å²) in [6, 6.07) is 17.0. The average molecular weight is 492 g/mol. The third kappa shape index (κ3) is 4.88. The summed E-state index contributed by atoms with van der Waals surface area (Å²) in [6.07, 6.45) is 0. The first kappa shape index (κ1) is 24.4. The minimum absolute atomic E-state index is 0.0362. The number of phenolic OH excluding ortho intramolecular Hbond substituents is 1. The van der Waals surface area contributed by atoms with Crippen molar-refractivity contribution in [2.45, 2.75) is 26.8 Å². The number of aliphatic hydroxyl groups excluding tert-OH is 1. The summed E-state index contributed by atoms with van der Waals surface area (Å²) in [5.74, 6) is -0.751. The number of Topliss-reactive ketones (excluding diaryl/α,β-unsaturated/α-hetero) is 1. The van der Waals surface area contributed by atoms with Crippen molar-refractivity contribution in [2.75, 3.05) is 11.5 Å². The molecule has 3 aromatic carbocycles. The number of hydrogen-bond donors (Lipinski definition) is 2. The second kappa shape index (κ2) is 9.84. The fraction of sp³-hybridized carbons (Fsp3) is 0.214. The summed E-state index contributed by atoms with van der Waals surface area (Å²) in [6.45, 7) is 6.52. The van der Waals surface area contributed by atoms with Gasteiger partial charge in [0.2, 0.25) is 0 Å². The Morgan fingerprint density at radius 3 is 2.29 bits per heavy atom. The average Bonchev–Trinajstić information content (AvgIpc) is 3.09. The lowest BCUT2D eigenvalue weighted by atomic mass is 9.94. The zero-order chi connectivity index (χ0) is 25.3. The first-order valence-electron chi connectivity index (χ1n) is 11.3. The Morgan fingerprint density at radius 1 is 1.03 bits per heavy atom. The van der Waals surface area contributed by atoms with Gasteiger partial charge in [-0.25, -0.2) is 0 Å². The zero-order valence-corrected chi connectivity index (χ0v) is 20.4. The van der Waals surface area contributed by atoms with Crippen molar-refractivity contribution in [3.63, 3.8) is 0 Å². The number of aliphatic hydroxyl groups is 1. The number of carbonyl (C=O) groups excluding carboxylic acids is 2. The summed E-state index contributed by atoms with van der Waals surface area (Å²) in [4.78, 5) is 27.8. The van der Waals surface area contributed by atoms with E-state index in [0.29, 0.717) is 40.1 Å². The van der Waals surface area contributed by atoms with Crippen molar-refractivity contribution in [3.05, 3.63) is 94.0 Å². The van der Waals surface area contributed by atoms with E-state index in [1.165, 1.54) is 17.0 Å². The van der Waals surface area contributed by atoms with Gasteiger partial charge in [0.05, 0.1) is 18.2 Å². The Morgan fingerprint density at radius 2 is 1.69 bits per heavy atom. The molecule has 4 rings (SSSR count). The maximum Gasteiger partial charge on any atom is 0.300 e. The number of phenols is 1. The SMILES string of the molecule is Cc1cc(/C(O)=C2/C(=O)C(=O)N(c3ccc(Cl)cc3)C2c2ccc(O)cc2)ccc1OCC(C)C. The van der Waals surface area contributed by atoms with Gasteiger partial charge in [-0.05, 0) is 78.6 Å². The number of carbonyl (C=O) groups is 2. The maximum absolute atomic E-state index is 13.2. The van der Waals surface area contributed by atoms with Crippen LogP contribution in [0.5, 0.6) is 11.5 Å². The van der Waals surface area contributed by atoms with Gasteiger partial charge in [-0.1, -0.05) is 37.6 Å². The van der Waals surface area contributed by atoms with Crippen LogP contribution in [0.25, 0.3) is 5.76 Å². The summed E-state index contributed by atoms with van der Waals surface area (Å²) >= 11 is 6.02. The van der Waals surface area contributed by atoms with E-state index in [0.717, 1.165) is 5.56 Å². The summed E-state index contributed by atoms with van der Waals surface area (Å²) < 4.78 is 5.82. The molecule has 1 unspecified atom stereocenters. The highest BCUT2D eigenvalue weighted by molar-refractivity contribution is 6.51. The van der Waals surface area contributed by atoms with E-state index in [1.54, 1.807) is 54.6 Å². The number of aryl methyl sites for hydroxylation is 1. The Bertz CT molecular complexity index is 1300. The maximum atomic E-state index is 13.2. The molecule has 0 aromatic heterocycles. The lowest BCUT2D eigenvalue weighted by molar-refractivity contribution is -0.132. The first-order chi connectivity index (χ1) is 16.7. The highest BCUT2D eigenvalue weighted by Gasteiger charge is 2.47. The Labute approximate surface area is 209 Å². The number of ether oxygens (including phenoxy) is 1. The molecule has 3 aromatic rings. The van der Waals surface area contributed by atoms with Crippen LogP contribution in [0.2, 0.25) is 5.02 Å². The molecule has 2 N–H and O–H groups in total. The molecule has 180 valence electrons. The lowest BCUT2D eigenvalue weighted by Crippen LogP contribution is -2.29. The fourth-order valence-electron chi connectivity index (χ4n) is 4.04. The number of nitrogens with zero attached hydrogens (tertiary/aromatic N) is 1. The minimum atomic E-state index is -0.894. The first-order valence-corrected chi connectivity index (χ1v) is 11.6. The van der Waals surface area contributed by atoms with E-state index >= 15 is 0 Å². The third-order valence-corrected chi connectivity index (χ3v) is 6.03. The molecule has 1 aliphatic heterocycles. The number of halogens is 1. The second-order valence-corrected chi connectivity index (χ2v) is 9.36. The highest BCUT2D eigenvalue weighted by atomic mass is 35.5. The molecule has 1 fully saturated rings. The molecule has 35 heavy (non-hydrogen) atoms. The largest absolute Gasteiger partial charge is 0.508 e. The molecular formula is C28H26ClNO5. The zero-order valence-electron chi connectivity index (χ0n) is 19.7. The Balaban J connectivity index is 1.84. The van der Waals surface area contributed by atoms with Crippen LogP contribution in [0.15, 0.2) is 72.3 Å². The van der Waals surface area contributed by atoms with E-state index in [2.05, 4.69) is 13.8 Å². The molecule has 0 saturated carbocycles. The molecule has 1 amide bonds. The molecule has 6 nitrogen and oxygen atoms in total. The molecule has 7 heteroatoms. The lowest BCUT2D eigenvalue weighted by Gasteiger charge is -2.25. The molecule has 1 saturated heterocycles. The number of aromatic hydroxyl groups is 1. The molecule has 0 spiro atoms. The van der Waals surface area contributed by atoms with E-state index in [1.807, 2.05) is 6.92 Å². The van der Waals surface area contributed by atoms with Gasteiger partial charge in [0.25, 0.3) is 11.7 Å². The summed E-state index contributed by atoms with van der Waals surface area (Å²) in [7, 11) is 0. The predicted octanol–water partition coefficient (Wildman–Crippen LogP) is 6.02. The van der Waals surface area contributed by atoms with Crippen LogP contribution in [0, 0.1) is 12.8 Å². The number of amides is 1. The smallest absolute Gasteiger partial charge is 0.300 e. The molecule has 1 aliphatic rings. The monoisotopic (exact) mass is 491 g/mol. The Hall–Kier alpha value is -3.77. The minimum Gasteiger partial charge on any atom is -0.508 e. The molecule has 0 radical (unpaired) electrons. The normalized spacial score (nSPS) is 17.3. The number of rotatable bonds is 6. The van der Waals surface area contributed by atoms with Crippen LogP contribution in [0.1, 0.15) is 36.6 Å². The quantitative estimate of drug-likeness (QED) is 0.250. The number of anilines is 1. The second-order valence-electron chi connectivity index (χ2n) is 8.92. The van der Waals surface area contributed by atoms with Crippen molar-refractivity contribution in [1.82, 2.24) is 0 Å². The van der Waals surface area contributed by atoms with Crippen molar-refractivity contribution in [1.29, 1.82) is 0 Å². The van der Waals surface area contributed by atoms with Gasteiger partial charge < -0.3 is 14.9 Å². The van der Waals surface area contributed by atoms with Gasteiger partial charge >= 0.3 is 0 Å². The van der Waals surface area contributed by atoms with Crippen molar-refractivity contribution >= 4 is 34.7 Å². The van der Waals surface area contributed by atoms with Gasteiger partial charge in [0, 0.05) is 16.3 Å². The van der Waals surface area contributed by atoms with E-state index in [9.17, 15) is 19.8 Å². The van der Waals surface area contributed by atoms with E-state index < -0.39 is 17.7 Å². The molecular weight excluding hydrogens is 466 g/mol. The van der Waals surface area contributed by atoms with E-state index in [-0.39, 0.29) is 17.1 Å². The van der Waals surface area contributed by atoms with Crippen LogP contribution in [0.4, 0.5) is 5.69 Å². The number of ketones is 1. The third-order valence-electron chi connectivity index (χ3n) is 5.78. The Kier molecular flexibility index (Phi) is 6.85. The van der Waals surface area contributed by atoms with Crippen LogP contribution in [-0.2, 0) is 9.59 Å². The summed E-state index contributed by atoms with van der Waals surface area (Å²) in [5.41, 5.74) is 2.18. The standard InChI is InChI=1S/C28H26ClNO5/c1-16(2)15-35-23-13-6-19(14-17(23)3)26(32)24-25(18-4-11-22(31)12-5-18)30(28(34)27(24)33)21-9-7-20(29)8-10-21/h4-14,16,25,31-32H,15H2,1-3H3/b26-24-. The van der Waals surface area contributed by atoms with Crippen LogP contribution >= 0.6 is 11.6 Å². The van der Waals surface area contributed by atoms with Gasteiger partial charge in [0.15, 0.2) is 0 Å². The van der Waals surface area contributed by atoms with Crippen LogP contribution < -0.4 is 9.64 Å². The highest BCUT2D eigenvalue weighted by Crippen LogP contribution is 2.43. The van der Waals surface area contributed by atoms with Crippen molar-refractivity contribution in [2.24, 2.45) is 5.92 Å². The number of benzene rings is 3.